The fraction of sp³-hybridized carbons (Fsp3) is 0.0233. The molecule has 0 saturated carbocycles. The van der Waals surface area contributed by atoms with Gasteiger partial charge in [-0.2, -0.15) is 4.57 Å². The van der Waals surface area contributed by atoms with E-state index in [9.17, 15) is 0 Å². The lowest BCUT2D eigenvalue weighted by Gasteiger charge is -2.13. The summed E-state index contributed by atoms with van der Waals surface area (Å²) < 4.78 is 10.7. The molecule has 0 aliphatic carbocycles. The Hall–Kier alpha value is -6.26. The molecule has 220 valence electrons. The SMILES string of the molecule is c1ccc(-n2c(-c3ccc(-c4cccc5cc6c(-c7ccc8ccc[n+]9c8c7OC9)cccc6cc45)cc3)nc3ccccc32)cc1. The van der Waals surface area contributed by atoms with Crippen LogP contribution in [0, 0.1) is 0 Å². The van der Waals surface area contributed by atoms with Crippen LogP contribution < -0.4 is 9.30 Å². The minimum absolute atomic E-state index is 0.546. The van der Waals surface area contributed by atoms with Crippen LogP contribution in [0.15, 0.2) is 158 Å². The Morgan fingerprint density at radius 3 is 2.09 bits per heavy atom. The van der Waals surface area contributed by atoms with Crippen molar-refractivity contribution in [3.63, 3.8) is 0 Å². The number of hydrogen-bond acceptors (Lipinski definition) is 2. The number of rotatable bonds is 4. The van der Waals surface area contributed by atoms with E-state index in [-0.39, 0.29) is 0 Å². The van der Waals surface area contributed by atoms with Crippen LogP contribution in [0.5, 0.6) is 5.75 Å². The Kier molecular flexibility index (Phi) is 5.60. The monoisotopic (exact) mass is 602 g/mol. The Bertz CT molecular complexity index is 2670. The van der Waals surface area contributed by atoms with Crippen LogP contribution >= 0.6 is 0 Å². The van der Waals surface area contributed by atoms with Crippen molar-refractivity contribution in [2.24, 2.45) is 0 Å². The van der Waals surface area contributed by atoms with Crippen LogP contribution in [0.3, 0.4) is 0 Å². The first-order valence-electron chi connectivity index (χ1n) is 16.0. The Morgan fingerprint density at radius 1 is 0.553 bits per heavy atom. The van der Waals surface area contributed by atoms with Crippen LogP contribution in [0.2, 0.25) is 0 Å². The van der Waals surface area contributed by atoms with Crippen molar-refractivity contribution in [2.45, 2.75) is 6.73 Å². The fourth-order valence-corrected chi connectivity index (χ4v) is 7.34. The number of fused-ring (bicyclic) bond motifs is 3. The van der Waals surface area contributed by atoms with Gasteiger partial charge in [0.1, 0.15) is 5.82 Å². The van der Waals surface area contributed by atoms with E-state index >= 15 is 0 Å². The second kappa shape index (κ2) is 10.1. The number of benzene rings is 7. The predicted octanol–water partition coefficient (Wildman–Crippen LogP) is 10.1. The molecule has 0 spiro atoms. The van der Waals surface area contributed by atoms with Crippen molar-refractivity contribution < 1.29 is 9.30 Å². The third kappa shape index (κ3) is 4.01. The molecular weight excluding hydrogens is 574 g/mol. The van der Waals surface area contributed by atoms with E-state index < -0.39 is 0 Å². The summed E-state index contributed by atoms with van der Waals surface area (Å²) in [5.74, 6) is 1.90. The van der Waals surface area contributed by atoms with E-state index in [1.165, 1.54) is 43.6 Å². The molecule has 0 saturated heterocycles. The maximum absolute atomic E-state index is 6.26. The molecule has 0 bridgehead atoms. The number of pyridine rings is 1. The molecule has 4 nitrogen and oxygen atoms in total. The van der Waals surface area contributed by atoms with Crippen LogP contribution in [-0.4, -0.2) is 9.55 Å². The molecule has 0 atom stereocenters. The number of aromatic nitrogens is 3. The van der Waals surface area contributed by atoms with Crippen LogP contribution in [-0.2, 0) is 6.73 Å². The third-order valence-electron chi connectivity index (χ3n) is 9.54. The van der Waals surface area contributed by atoms with E-state index in [0.717, 1.165) is 44.9 Å². The van der Waals surface area contributed by atoms with Gasteiger partial charge in [0.05, 0.1) is 16.4 Å². The van der Waals surface area contributed by atoms with Crippen molar-refractivity contribution >= 4 is 43.5 Å². The second-order valence-electron chi connectivity index (χ2n) is 12.2. The molecule has 4 heteroatoms. The zero-order chi connectivity index (χ0) is 30.9. The highest BCUT2D eigenvalue weighted by Gasteiger charge is 2.27. The highest BCUT2D eigenvalue weighted by atomic mass is 16.5. The van der Waals surface area contributed by atoms with Gasteiger partial charge in [-0.05, 0) is 92.8 Å². The van der Waals surface area contributed by atoms with Crippen molar-refractivity contribution in [1.82, 2.24) is 9.55 Å². The Balaban J connectivity index is 1.09. The van der Waals surface area contributed by atoms with Crippen molar-refractivity contribution in [2.75, 3.05) is 0 Å². The maximum Gasteiger partial charge on any atom is 0.293 e. The largest absolute Gasteiger partial charge is 0.428 e. The van der Waals surface area contributed by atoms with Crippen molar-refractivity contribution in [1.29, 1.82) is 0 Å². The summed E-state index contributed by atoms with van der Waals surface area (Å²) in [6.07, 6.45) is 2.09. The van der Waals surface area contributed by atoms with Gasteiger partial charge < -0.3 is 4.74 Å². The summed E-state index contributed by atoms with van der Waals surface area (Å²) in [6.45, 7) is 0.546. The van der Waals surface area contributed by atoms with Gasteiger partial charge in [-0.3, -0.25) is 4.57 Å². The van der Waals surface area contributed by atoms with Gasteiger partial charge in [0, 0.05) is 22.9 Å². The number of para-hydroxylation sites is 3. The first kappa shape index (κ1) is 26.0. The molecule has 0 amide bonds. The summed E-state index contributed by atoms with van der Waals surface area (Å²) in [5.41, 5.74) is 10.1. The third-order valence-corrected chi connectivity index (χ3v) is 9.54. The van der Waals surface area contributed by atoms with Gasteiger partial charge in [0.15, 0.2) is 6.20 Å². The maximum atomic E-state index is 6.26. The highest BCUT2D eigenvalue weighted by molar-refractivity contribution is 6.10. The fourth-order valence-electron chi connectivity index (χ4n) is 7.34. The molecule has 9 aromatic rings. The molecule has 2 aromatic heterocycles. The Morgan fingerprint density at radius 2 is 1.26 bits per heavy atom. The number of imidazole rings is 1. The van der Waals surface area contributed by atoms with E-state index in [2.05, 4.69) is 155 Å². The molecule has 10 rings (SSSR count). The quantitative estimate of drug-likeness (QED) is 0.148. The van der Waals surface area contributed by atoms with Crippen LogP contribution in [0.25, 0.3) is 82.8 Å². The first-order valence-corrected chi connectivity index (χ1v) is 16.0. The van der Waals surface area contributed by atoms with Crippen LogP contribution in [0.1, 0.15) is 0 Å². The minimum Gasteiger partial charge on any atom is -0.428 e. The van der Waals surface area contributed by atoms with Crippen molar-refractivity contribution in [3.05, 3.63) is 158 Å². The van der Waals surface area contributed by atoms with Crippen LogP contribution in [0.4, 0.5) is 0 Å². The predicted molar refractivity (Wildman–Crippen MR) is 191 cm³/mol. The molecule has 3 heterocycles. The summed E-state index contributed by atoms with van der Waals surface area (Å²) in [7, 11) is 0. The number of hydrogen-bond donors (Lipinski definition) is 0. The van der Waals surface area contributed by atoms with E-state index in [1.54, 1.807) is 0 Å². The van der Waals surface area contributed by atoms with Gasteiger partial charge in [0.2, 0.25) is 5.75 Å². The van der Waals surface area contributed by atoms with Gasteiger partial charge in [-0.1, -0.05) is 91.0 Å². The summed E-state index contributed by atoms with van der Waals surface area (Å²) in [4.78, 5) is 5.06. The second-order valence-corrected chi connectivity index (χ2v) is 12.2. The van der Waals surface area contributed by atoms with Crippen molar-refractivity contribution in [3.8, 4) is 45.1 Å². The first-order chi connectivity index (χ1) is 23.3. The highest BCUT2D eigenvalue weighted by Crippen LogP contribution is 2.42. The molecule has 47 heavy (non-hydrogen) atoms. The lowest BCUT2D eigenvalue weighted by molar-refractivity contribution is -0.688. The lowest BCUT2D eigenvalue weighted by Crippen LogP contribution is -2.31. The Labute approximate surface area is 271 Å². The standard InChI is InChI=1S/C43H28N3O/c1-2-12-33(13-3-1)46-40-17-5-4-16-39(40)44-43(46)30-20-18-28(19-21-30)34-14-6-9-31-26-38-32(25-37(31)34)10-7-15-35(38)36-23-22-29-11-8-24-45-27-47-42(36)41(29)45/h1-26H,27H2/q+1. The van der Waals surface area contributed by atoms with Gasteiger partial charge >= 0.3 is 0 Å². The average Bonchev–Trinajstić information content (AvgIpc) is 3.75. The topological polar surface area (TPSA) is 30.9 Å². The summed E-state index contributed by atoms with van der Waals surface area (Å²) in [6, 6.07) is 54.2. The van der Waals surface area contributed by atoms with Gasteiger partial charge in [0.25, 0.3) is 12.2 Å². The molecular formula is C43H28N3O+. The zero-order valence-electron chi connectivity index (χ0n) is 25.5. The lowest BCUT2D eigenvalue weighted by atomic mass is 9.91. The molecule has 0 N–H and O–H groups in total. The molecule has 1 aliphatic heterocycles. The average molecular weight is 603 g/mol. The van der Waals surface area contributed by atoms with E-state index in [0.29, 0.717) is 6.73 Å². The normalized spacial score (nSPS) is 12.3. The number of ether oxygens (including phenoxy) is 1. The summed E-state index contributed by atoms with van der Waals surface area (Å²) in [5, 5.41) is 6.08. The van der Waals surface area contributed by atoms with Gasteiger partial charge in [-0.25, -0.2) is 4.98 Å². The summed E-state index contributed by atoms with van der Waals surface area (Å²) >= 11 is 0. The van der Waals surface area contributed by atoms with Gasteiger partial charge in [-0.15, -0.1) is 0 Å². The molecule has 0 radical (unpaired) electrons. The van der Waals surface area contributed by atoms with E-state index in [4.69, 9.17) is 9.72 Å². The molecule has 0 unspecified atom stereocenters. The molecule has 7 aromatic carbocycles. The molecule has 1 aliphatic rings. The number of nitrogens with zero attached hydrogens (tertiary/aromatic N) is 3. The smallest absolute Gasteiger partial charge is 0.293 e. The zero-order valence-corrected chi connectivity index (χ0v) is 25.5. The minimum atomic E-state index is 0.546. The molecule has 0 fully saturated rings. The van der Waals surface area contributed by atoms with E-state index in [1.807, 2.05) is 12.1 Å².